The Hall–Kier alpha value is -1.63. The summed E-state index contributed by atoms with van der Waals surface area (Å²) in [5.41, 5.74) is 1.00. The maximum Gasteiger partial charge on any atom is 0.244 e. The van der Waals surface area contributed by atoms with Gasteiger partial charge >= 0.3 is 0 Å². The Morgan fingerprint density at radius 2 is 1.96 bits per heavy atom. The monoisotopic (exact) mass is 380 g/mol. The van der Waals surface area contributed by atoms with Gasteiger partial charge in [0.15, 0.2) is 0 Å². The van der Waals surface area contributed by atoms with Gasteiger partial charge in [0.05, 0.1) is 11.6 Å². The lowest BCUT2D eigenvalue weighted by molar-refractivity contribution is 0.184. The van der Waals surface area contributed by atoms with E-state index >= 15 is 0 Å². The highest BCUT2D eigenvalue weighted by molar-refractivity contribution is 7.89. The molecule has 0 atom stereocenters. The van der Waals surface area contributed by atoms with E-state index in [1.807, 2.05) is 13.0 Å². The highest BCUT2D eigenvalue weighted by atomic mass is 35.5. The second kappa shape index (κ2) is 7.72. The molecule has 0 spiro atoms. The minimum Gasteiger partial charge on any atom is -0.493 e. The lowest BCUT2D eigenvalue weighted by atomic mass is 9.99. The molecule has 1 saturated heterocycles. The zero-order valence-electron chi connectivity index (χ0n) is 14.1. The molecule has 0 N–H and O–H groups in total. The van der Waals surface area contributed by atoms with Gasteiger partial charge in [0.1, 0.15) is 10.6 Å². The van der Waals surface area contributed by atoms with Gasteiger partial charge < -0.3 is 4.74 Å². The maximum absolute atomic E-state index is 12.7. The van der Waals surface area contributed by atoms with Crippen molar-refractivity contribution in [3.05, 3.63) is 53.3 Å². The van der Waals surface area contributed by atoms with Crippen LogP contribution in [0.5, 0.6) is 5.75 Å². The van der Waals surface area contributed by atoms with E-state index in [4.69, 9.17) is 16.3 Å². The third kappa shape index (κ3) is 4.14. The van der Waals surface area contributed by atoms with Crippen LogP contribution in [0.2, 0.25) is 5.02 Å². The van der Waals surface area contributed by atoms with Crippen molar-refractivity contribution >= 4 is 21.6 Å². The standard InChI is InChI=1S/C18H21ClN2O3S/c1-14-12-20-9-6-17(14)24-13-15-7-10-21(11-8-15)25(22,23)18-5-3-2-4-16(18)19/h2-6,9,12,15H,7-8,10-11,13H2,1H3. The number of aromatic nitrogens is 1. The van der Waals surface area contributed by atoms with Gasteiger partial charge in [-0.1, -0.05) is 23.7 Å². The number of ether oxygens (including phenoxy) is 1. The quantitative estimate of drug-likeness (QED) is 0.796. The molecule has 0 aliphatic carbocycles. The first-order valence-electron chi connectivity index (χ1n) is 8.26. The van der Waals surface area contributed by atoms with Crippen molar-refractivity contribution in [1.82, 2.24) is 9.29 Å². The summed E-state index contributed by atoms with van der Waals surface area (Å²) in [6.45, 7) is 3.51. The van der Waals surface area contributed by atoms with Gasteiger partial charge in [-0.05, 0) is 43.9 Å². The highest BCUT2D eigenvalue weighted by Crippen LogP contribution is 2.28. The molecule has 2 heterocycles. The number of sulfonamides is 1. The summed E-state index contributed by atoms with van der Waals surface area (Å²) in [6, 6.07) is 8.43. The predicted octanol–water partition coefficient (Wildman–Crippen LogP) is 3.52. The second-order valence-electron chi connectivity index (χ2n) is 6.23. The fourth-order valence-corrected chi connectivity index (χ4v) is 4.90. The fourth-order valence-electron chi connectivity index (χ4n) is 2.94. The zero-order chi connectivity index (χ0) is 17.9. The third-order valence-corrected chi connectivity index (χ3v) is 6.87. The van der Waals surface area contributed by atoms with E-state index in [0.717, 1.165) is 24.2 Å². The van der Waals surface area contributed by atoms with Gasteiger partial charge in [-0.2, -0.15) is 4.31 Å². The van der Waals surface area contributed by atoms with Crippen LogP contribution in [0.4, 0.5) is 0 Å². The Kier molecular flexibility index (Phi) is 5.61. The van der Waals surface area contributed by atoms with Crippen molar-refractivity contribution in [3.63, 3.8) is 0 Å². The number of hydrogen-bond acceptors (Lipinski definition) is 4. The predicted molar refractivity (Wildman–Crippen MR) is 97.4 cm³/mol. The van der Waals surface area contributed by atoms with Crippen LogP contribution < -0.4 is 4.74 Å². The molecule has 0 unspecified atom stereocenters. The fraction of sp³-hybridized carbons (Fsp3) is 0.389. The minimum atomic E-state index is -3.54. The average Bonchev–Trinajstić information content (AvgIpc) is 2.61. The lowest BCUT2D eigenvalue weighted by Gasteiger charge is -2.31. The van der Waals surface area contributed by atoms with Crippen LogP contribution in [-0.2, 0) is 10.0 Å². The zero-order valence-corrected chi connectivity index (χ0v) is 15.6. The second-order valence-corrected chi connectivity index (χ2v) is 8.54. The van der Waals surface area contributed by atoms with Crippen LogP contribution in [0.25, 0.3) is 0 Å². The summed E-state index contributed by atoms with van der Waals surface area (Å²) < 4.78 is 32.9. The number of hydrogen-bond donors (Lipinski definition) is 0. The van der Waals surface area contributed by atoms with Crippen molar-refractivity contribution in [2.75, 3.05) is 19.7 Å². The van der Waals surface area contributed by atoms with Crippen molar-refractivity contribution in [2.24, 2.45) is 5.92 Å². The van der Waals surface area contributed by atoms with Crippen LogP contribution in [0, 0.1) is 12.8 Å². The largest absolute Gasteiger partial charge is 0.493 e. The van der Waals surface area contributed by atoms with Gasteiger partial charge in [0.2, 0.25) is 10.0 Å². The number of halogens is 1. The summed E-state index contributed by atoms with van der Waals surface area (Å²) in [7, 11) is -3.54. The molecule has 0 amide bonds. The Morgan fingerprint density at radius 3 is 2.64 bits per heavy atom. The summed E-state index contributed by atoms with van der Waals surface area (Å²) in [5, 5.41) is 0.265. The first-order valence-corrected chi connectivity index (χ1v) is 10.1. The van der Waals surface area contributed by atoms with Gasteiger partial charge in [-0.15, -0.1) is 0 Å². The lowest BCUT2D eigenvalue weighted by Crippen LogP contribution is -2.39. The molecule has 1 fully saturated rings. The van der Waals surface area contributed by atoms with E-state index in [9.17, 15) is 8.42 Å². The van der Waals surface area contributed by atoms with Crippen LogP contribution in [0.1, 0.15) is 18.4 Å². The number of rotatable bonds is 5. The molecular weight excluding hydrogens is 360 g/mol. The Labute approximate surface area is 153 Å². The summed E-state index contributed by atoms with van der Waals surface area (Å²) in [4.78, 5) is 4.23. The van der Waals surface area contributed by atoms with Crippen molar-refractivity contribution in [1.29, 1.82) is 0 Å². The van der Waals surface area contributed by atoms with E-state index in [1.54, 1.807) is 36.7 Å². The number of nitrogens with zero attached hydrogens (tertiary/aromatic N) is 2. The molecular formula is C18H21ClN2O3S. The molecule has 7 heteroatoms. The molecule has 3 rings (SSSR count). The first kappa shape index (κ1) is 18.2. The SMILES string of the molecule is Cc1cnccc1OCC1CCN(S(=O)(=O)c2ccccc2Cl)CC1. The smallest absolute Gasteiger partial charge is 0.244 e. The molecule has 1 aromatic carbocycles. The Morgan fingerprint density at radius 1 is 1.24 bits per heavy atom. The van der Waals surface area contributed by atoms with E-state index in [2.05, 4.69) is 4.98 Å². The Bertz CT molecular complexity index is 834. The van der Waals surface area contributed by atoms with Gasteiger partial charge in [-0.25, -0.2) is 8.42 Å². The molecule has 25 heavy (non-hydrogen) atoms. The van der Waals surface area contributed by atoms with Crippen LogP contribution >= 0.6 is 11.6 Å². The number of aryl methyl sites for hydroxylation is 1. The molecule has 0 bridgehead atoms. The van der Waals surface area contributed by atoms with Gasteiger partial charge in [0, 0.05) is 31.0 Å². The topological polar surface area (TPSA) is 59.5 Å². The molecule has 1 aromatic heterocycles. The molecule has 0 saturated carbocycles. The van der Waals surface area contributed by atoms with Crippen LogP contribution in [0.15, 0.2) is 47.6 Å². The average molecular weight is 381 g/mol. The van der Waals surface area contributed by atoms with E-state index in [0.29, 0.717) is 25.6 Å². The van der Waals surface area contributed by atoms with Gasteiger partial charge in [0.25, 0.3) is 0 Å². The minimum absolute atomic E-state index is 0.179. The third-order valence-electron chi connectivity index (χ3n) is 4.47. The maximum atomic E-state index is 12.7. The molecule has 2 aromatic rings. The Balaban J connectivity index is 1.59. The summed E-state index contributed by atoms with van der Waals surface area (Å²) in [6.07, 6.45) is 5.02. The van der Waals surface area contributed by atoms with E-state index in [1.165, 1.54) is 4.31 Å². The van der Waals surface area contributed by atoms with E-state index in [-0.39, 0.29) is 9.92 Å². The van der Waals surface area contributed by atoms with Crippen molar-refractivity contribution in [3.8, 4) is 5.75 Å². The van der Waals surface area contributed by atoms with E-state index < -0.39 is 10.0 Å². The molecule has 0 radical (unpaired) electrons. The molecule has 1 aliphatic rings. The van der Waals surface area contributed by atoms with Crippen molar-refractivity contribution < 1.29 is 13.2 Å². The van der Waals surface area contributed by atoms with Crippen LogP contribution in [-0.4, -0.2) is 37.4 Å². The number of piperidine rings is 1. The molecule has 5 nitrogen and oxygen atoms in total. The summed E-state index contributed by atoms with van der Waals surface area (Å²) in [5.74, 6) is 1.17. The number of benzene rings is 1. The first-order chi connectivity index (χ1) is 12.0. The van der Waals surface area contributed by atoms with Crippen LogP contribution in [0.3, 0.4) is 0 Å². The normalized spacial score (nSPS) is 16.7. The summed E-state index contributed by atoms with van der Waals surface area (Å²) >= 11 is 6.06. The molecule has 134 valence electrons. The number of pyridine rings is 1. The highest BCUT2D eigenvalue weighted by Gasteiger charge is 2.30. The van der Waals surface area contributed by atoms with Gasteiger partial charge in [-0.3, -0.25) is 4.98 Å². The molecule has 1 aliphatic heterocycles. The van der Waals surface area contributed by atoms with Crippen molar-refractivity contribution in [2.45, 2.75) is 24.7 Å².